The lowest BCUT2D eigenvalue weighted by Crippen LogP contribution is -2.00. The predicted molar refractivity (Wildman–Crippen MR) is 114 cm³/mol. The SMILES string of the molecule is O=C(O)c1ccc(COc2ccc(/C=N/Nc3ncccc3[N+](=O)[O-])cc2Br)cc1. The molecule has 0 aliphatic heterocycles. The van der Waals surface area contributed by atoms with E-state index in [1.165, 1.54) is 36.7 Å². The molecule has 0 bridgehead atoms. The molecule has 0 aliphatic carbocycles. The number of carboxylic acids is 1. The van der Waals surface area contributed by atoms with Crippen molar-refractivity contribution in [3.8, 4) is 5.75 Å². The first kappa shape index (κ1) is 20.9. The Morgan fingerprint density at radius 1 is 1.27 bits per heavy atom. The molecule has 10 heteroatoms. The van der Waals surface area contributed by atoms with Crippen molar-refractivity contribution in [3.05, 3.63) is 92.1 Å². The van der Waals surface area contributed by atoms with E-state index < -0.39 is 10.9 Å². The third-order valence-electron chi connectivity index (χ3n) is 3.92. The summed E-state index contributed by atoms with van der Waals surface area (Å²) in [5.74, 6) is -0.330. The number of hydrogen-bond acceptors (Lipinski definition) is 7. The first-order valence-corrected chi connectivity index (χ1v) is 9.36. The highest BCUT2D eigenvalue weighted by Crippen LogP contribution is 2.26. The summed E-state index contributed by atoms with van der Waals surface area (Å²) in [4.78, 5) is 25.2. The number of carboxylic acid groups (broad SMARTS) is 1. The van der Waals surface area contributed by atoms with Gasteiger partial charge >= 0.3 is 11.7 Å². The zero-order valence-corrected chi connectivity index (χ0v) is 16.9. The third-order valence-corrected chi connectivity index (χ3v) is 4.54. The quantitative estimate of drug-likeness (QED) is 0.282. The van der Waals surface area contributed by atoms with Gasteiger partial charge in [0.15, 0.2) is 0 Å². The summed E-state index contributed by atoms with van der Waals surface area (Å²) in [6, 6.07) is 14.5. The molecule has 152 valence electrons. The van der Waals surface area contributed by atoms with Crippen molar-refractivity contribution in [1.29, 1.82) is 0 Å². The summed E-state index contributed by atoms with van der Waals surface area (Å²) >= 11 is 3.43. The molecule has 2 aromatic carbocycles. The summed E-state index contributed by atoms with van der Waals surface area (Å²) in [5.41, 5.74) is 4.17. The molecular formula is C20H15BrN4O5. The molecule has 0 radical (unpaired) electrons. The molecule has 0 aliphatic rings. The van der Waals surface area contributed by atoms with E-state index in [1.54, 1.807) is 30.3 Å². The Morgan fingerprint density at radius 3 is 2.70 bits per heavy atom. The van der Waals surface area contributed by atoms with Gasteiger partial charge in [-0.2, -0.15) is 5.10 Å². The summed E-state index contributed by atoms with van der Waals surface area (Å²) in [6.07, 6.45) is 2.93. The molecule has 0 spiro atoms. The molecular weight excluding hydrogens is 456 g/mol. The van der Waals surface area contributed by atoms with E-state index in [0.29, 0.717) is 10.2 Å². The minimum atomic E-state index is -0.977. The molecule has 0 amide bonds. The van der Waals surface area contributed by atoms with Gasteiger partial charge in [-0.05, 0) is 63.5 Å². The number of halogens is 1. The van der Waals surface area contributed by atoms with Crippen LogP contribution in [0.4, 0.5) is 11.5 Å². The van der Waals surface area contributed by atoms with Crippen LogP contribution in [-0.2, 0) is 6.61 Å². The predicted octanol–water partition coefficient (Wildman–Crippen LogP) is 4.48. The zero-order valence-electron chi connectivity index (χ0n) is 15.4. The number of carbonyl (C=O) groups is 1. The van der Waals surface area contributed by atoms with E-state index in [1.807, 2.05) is 0 Å². The number of hydrazone groups is 1. The normalized spacial score (nSPS) is 10.7. The Balaban J connectivity index is 1.61. The highest BCUT2D eigenvalue weighted by atomic mass is 79.9. The van der Waals surface area contributed by atoms with Crippen molar-refractivity contribution < 1.29 is 19.6 Å². The molecule has 9 nitrogen and oxygen atoms in total. The van der Waals surface area contributed by atoms with Crippen LogP contribution in [0.25, 0.3) is 0 Å². The maximum atomic E-state index is 11.0. The number of nitrogens with zero attached hydrogens (tertiary/aromatic N) is 3. The fraction of sp³-hybridized carbons (Fsp3) is 0.0500. The number of aromatic carboxylic acids is 1. The van der Waals surface area contributed by atoms with Crippen molar-refractivity contribution in [2.75, 3.05) is 5.43 Å². The summed E-state index contributed by atoms with van der Waals surface area (Å²) in [6.45, 7) is 0.275. The number of pyridine rings is 1. The van der Waals surface area contributed by atoms with Crippen LogP contribution >= 0.6 is 15.9 Å². The first-order valence-electron chi connectivity index (χ1n) is 8.57. The van der Waals surface area contributed by atoms with Gasteiger partial charge < -0.3 is 9.84 Å². The highest BCUT2D eigenvalue weighted by Gasteiger charge is 2.13. The van der Waals surface area contributed by atoms with Crippen molar-refractivity contribution in [2.45, 2.75) is 6.61 Å². The summed E-state index contributed by atoms with van der Waals surface area (Å²) in [7, 11) is 0. The van der Waals surface area contributed by atoms with Gasteiger partial charge in [-0.1, -0.05) is 12.1 Å². The number of ether oxygens (including phenoxy) is 1. The minimum absolute atomic E-state index is 0.0479. The van der Waals surface area contributed by atoms with Gasteiger partial charge in [-0.15, -0.1) is 0 Å². The van der Waals surface area contributed by atoms with E-state index in [9.17, 15) is 14.9 Å². The molecule has 30 heavy (non-hydrogen) atoms. The molecule has 0 unspecified atom stereocenters. The molecule has 1 heterocycles. The number of aromatic nitrogens is 1. The number of nitro groups is 1. The first-order chi connectivity index (χ1) is 14.4. The van der Waals surface area contributed by atoms with Crippen LogP contribution in [0.2, 0.25) is 0 Å². The monoisotopic (exact) mass is 470 g/mol. The summed E-state index contributed by atoms with van der Waals surface area (Å²) < 4.78 is 6.45. The van der Waals surface area contributed by atoms with Crippen LogP contribution in [0.15, 0.2) is 70.4 Å². The van der Waals surface area contributed by atoms with E-state index in [4.69, 9.17) is 9.84 Å². The van der Waals surface area contributed by atoms with E-state index in [-0.39, 0.29) is 23.7 Å². The Hall–Kier alpha value is -3.79. The average Bonchev–Trinajstić information content (AvgIpc) is 2.73. The molecule has 2 N–H and O–H groups in total. The van der Waals surface area contributed by atoms with Gasteiger partial charge in [-0.3, -0.25) is 15.5 Å². The Kier molecular flexibility index (Phi) is 6.71. The fourth-order valence-electron chi connectivity index (χ4n) is 2.42. The Bertz CT molecular complexity index is 1100. The van der Waals surface area contributed by atoms with Crippen molar-refractivity contribution in [2.24, 2.45) is 5.10 Å². The van der Waals surface area contributed by atoms with E-state index in [2.05, 4.69) is 31.4 Å². The third kappa shape index (κ3) is 5.39. The lowest BCUT2D eigenvalue weighted by molar-refractivity contribution is -0.384. The number of hydrogen-bond donors (Lipinski definition) is 2. The van der Waals surface area contributed by atoms with Gasteiger partial charge in [0, 0.05) is 12.3 Å². The maximum Gasteiger partial charge on any atom is 0.335 e. The zero-order chi connectivity index (χ0) is 21.5. The second kappa shape index (κ2) is 9.61. The second-order valence-electron chi connectivity index (χ2n) is 5.98. The summed E-state index contributed by atoms with van der Waals surface area (Å²) in [5, 5.41) is 23.9. The minimum Gasteiger partial charge on any atom is -0.488 e. The lowest BCUT2D eigenvalue weighted by atomic mass is 10.1. The maximum absolute atomic E-state index is 11.0. The average molecular weight is 471 g/mol. The van der Waals surface area contributed by atoms with Crippen LogP contribution in [-0.4, -0.2) is 27.2 Å². The number of rotatable bonds is 8. The molecule has 1 aromatic heterocycles. The topological polar surface area (TPSA) is 127 Å². The van der Waals surface area contributed by atoms with Gasteiger partial charge in [-0.25, -0.2) is 9.78 Å². The number of anilines is 1. The standard InChI is InChI=1S/C20H15BrN4O5/c21-16-10-14(11-23-24-19-17(25(28)29)2-1-9-22-19)5-8-18(16)30-12-13-3-6-15(7-4-13)20(26)27/h1-11H,12H2,(H,22,24)(H,26,27)/b23-11+. The molecule has 3 aromatic rings. The Morgan fingerprint density at radius 2 is 2.03 bits per heavy atom. The fourth-order valence-corrected chi connectivity index (χ4v) is 2.93. The van der Waals surface area contributed by atoms with Crippen molar-refractivity contribution >= 4 is 39.6 Å². The van der Waals surface area contributed by atoms with Crippen LogP contribution in [0, 0.1) is 10.1 Å². The van der Waals surface area contributed by atoms with Crippen LogP contribution in [0.1, 0.15) is 21.5 Å². The van der Waals surface area contributed by atoms with Gasteiger partial charge in [0.2, 0.25) is 5.82 Å². The molecule has 0 fully saturated rings. The molecule has 0 saturated heterocycles. The Labute approximate surface area is 179 Å². The molecule has 0 atom stereocenters. The largest absolute Gasteiger partial charge is 0.488 e. The van der Waals surface area contributed by atoms with Crippen LogP contribution < -0.4 is 10.2 Å². The van der Waals surface area contributed by atoms with Crippen LogP contribution in [0.5, 0.6) is 5.75 Å². The second-order valence-corrected chi connectivity index (χ2v) is 6.83. The van der Waals surface area contributed by atoms with Crippen molar-refractivity contribution in [3.63, 3.8) is 0 Å². The number of benzene rings is 2. The molecule has 3 rings (SSSR count). The van der Waals surface area contributed by atoms with E-state index >= 15 is 0 Å². The van der Waals surface area contributed by atoms with Crippen LogP contribution in [0.3, 0.4) is 0 Å². The smallest absolute Gasteiger partial charge is 0.335 e. The van der Waals surface area contributed by atoms with Gasteiger partial charge in [0.25, 0.3) is 0 Å². The van der Waals surface area contributed by atoms with Gasteiger partial charge in [0.05, 0.1) is 21.2 Å². The van der Waals surface area contributed by atoms with Crippen molar-refractivity contribution in [1.82, 2.24) is 4.98 Å². The molecule has 0 saturated carbocycles. The number of nitrogens with one attached hydrogen (secondary N) is 1. The highest BCUT2D eigenvalue weighted by molar-refractivity contribution is 9.10. The van der Waals surface area contributed by atoms with Gasteiger partial charge in [0.1, 0.15) is 12.4 Å². The lowest BCUT2D eigenvalue weighted by Gasteiger charge is -2.09. The van der Waals surface area contributed by atoms with E-state index in [0.717, 1.165) is 11.1 Å².